The Balaban J connectivity index is 2.68. The van der Waals surface area contributed by atoms with Crippen LogP contribution in [0.1, 0.15) is 18.1 Å². The second-order valence-corrected chi connectivity index (χ2v) is 3.94. The van der Waals surface area contributed by atoms with Crippen molar-refractivity contribution >= 4 is 34.2 Å². The van der Waals surface area contributed by atoms with Gasteiger partial charge in [0.2, 0.25) is 0 Å². The summed E-state index contributed by atoms with van der Waals surface area (Å²) in [6.07, 6.45) is 0. The highest BCUT2D eigenvalue weighted by atomic mass is 35.5. The number of para-hydroxylation sites is 1. The zero-order valence-electron chi connectivity index (χ0n) is 7.01. The zero-order valence-corrected chi connectivity index (χ0v) is 8.52. The Labute approximate surface area is 85.9 Å². The van der Waals surface area contributed by atoms with Gasteiger partial charge in [0.1, 0.15) is 11.3 Å². The van der Waals surface area contributed by atoms with Gasteiger partial charge >= 0.3 is 0 Å². The average molecular weight is 215 g/mol. The fourth-order valence-corrected chi connectivity index (χ4v) is 1.52. The van der Waals surface area contributed by atoms with Gasteiger partial charge in [0.25, 0.3) is 0 Å². The first kappa shape index (κ1) is 8.85. The molecule has 0 aliphatic rings. The molecule has 0 amide bonds. The Hall–Kier alpha value is -0.730. The lowest BCUT2D eigenvalue weighted by molar-refractivity contribution is 0.962. The zero-order chi connectivity index (χ0) is 9.42. The summed E-state index contributed by atoms with van der Waals surface area (Å²) in [5, 5.41) is 0.529. The van der Waals surface area contributed by atoms with Crippen molar-refractivity contribution in [2.75, 3.05) is 0 Å². The van der Waals surface area contributed by atoms with Crippen LogP contribution in [-0.4, -0.2) is 9.97 Å². The van der Waals surface area contributed by atoms with Crippen molar-refractivity contribution in [3.8, 4) is 0 Å². The number of hydrogen-bond donors (Lipinski definition) is 1. The molecule has 68 valence electrons. The summed E-state index contributed by atoms with van der Waals surface area (Å²) in [7, 11) is 0. The minimum Gasteiger partial charge on any atom is -0.341 e. The maximum absolute atomic E-state index is 5.95. The molecule has 1 aromatic heterocycles. The molecule has 13 heavy (non-hydrogen) atoms. The Kier molecular flexibility index (Phi) is 2.18. The van der Waals surface area contributed by atoms with Crippen molar-refractivity contribution < 1.29 is 0 Å². The molecule has 1 aromatic carbocycles. The number of aromatic amines is 1. The van der Waals surface area contributed by atoms with Crippen molar-refractivity contribution in [3.05, 3.63) is 29.0 Å². The molecule has 0 radical (unpaired) electrons. The van der Waals surface area contributed by atoms with Gasteiger partial charge in [0.05, 0.1) is 15.9 Å². The minimum absolute atomic E-state index is 0.122. The SMILES string of the molecule is C[C@H](Cl)c1nc2c(Cl)cccc2[nH]1. The number of nitrogens with one attached hydrogen (secondary N) is 1. The number of benzene rings is 1. The molecule has 0 fully saturated rings. The summed E-state index contributed by atoms with van der Waals surface area (Å²) >= 11 is 11.8. The standard InChI is InChI=1S/C9H8Cl2N2/c1-5(10)9-12-7-4-2-3-6(11)8(7)13-9/h2-5H,1H3,(H,12,13)/t5-/m0/s1. The van der Waals surface area contributed by atoms with Gasteiger partial charge in [0, 0.05) is 0 Å². The van der Waals surface area contributed by atoms with Crippen LogP contribution in [0.3, 0.4) is 0 Å². The molecule has 0 aliphatic carbocycles. The summed E-state index contributed by atoms with van der Waals surface area (Å²) in [4.78, 5) is 7.40. The van der Waals surface area contributed by atoms with E-state index in [0.717, 1.165) is 16.9 Å². The molecule has 0 unspecified atom stereocenters. The number of rotatable bonds is 1. The van der Waals surface area contributed by atoms with Crippen LogP contribution >= 0.6 is 23.2 Å². The lowest BCUT2D eigenvalue weighted by atomic mass is 10.3. The van der Waals surface area contributed by atoms with Gasteiger partial charge in [-0.25, -0.2) is 4.98 Å². The van der Waals surface area contributed by atoms with Crippen LogP contribution in [0.15, 0.2) is 18.2 Å². The maximum atomic E-state index is 5.95. The number of imidazole rings is 1. The van der Waals surface area contributed by atoms with Crippen molar-refractivity contribution in [2.24, 2.45) is 0 Å². The van der Waals surface area contributed by atoms with Crippen molar-refractivity contribution in [1.82, 2.24) is 9.97 Å². The van der Waals surface area contributed by atoms with E-state index in [1.165, 1.54) is 0 Å². The number of hydrogen-bond acceptors (Lipinski definition) is 1. The first-order valence-electron chi connectivity index (χ1n) is 3.96. The van der Waals surface area contributed by atoms with Crippen molar-refractivity contribution in [2.45, 2.75) is 12.3 Å². The van der Waals surface area contributed by atoms with Gasteiger partial charge in [-0.15, -0.1) is 11.6 Å². The van der Waals surface area contributed by atoms with Crippen molar-refractivity contribution in [1.29, 1.82) is 0 Å². The summed E-state index contributed by atoms with van der Waals surface area (Å²) in [6.45, 7) is 1.87. The van der Waals surface area contributed by atoms with Crippen molar-refractivity contribution in [3.63, 3.8) is 0 Å². The highest BCUT2D eigenvalue weighted by Gasteiger charge is 2.09. The smallest absolute Gasteiger partial charge is 0.125 e. The third-order valence-electron chi connectivity index (χ3n) is 1.86. The second kappa shape index (κ2) is 3.20. The van der Waals surface area contributed by atoms with Crippen LogP contribution in [0, 0.1) is 0 Å². The number of H-pyrrole nitrogens is 1. The number of nitrogens with zero attached hydrogens (tertiary/aromatic N) is 1. The molecule has 0 saturated carbocycles. The quantitative estimate of drug-likeness (QED) is 0.724. The van der Waals surface area contributed by atoms with E-state index in [0.29, 0.717) is 5.02 Å². The van der Waals surface area contributed by atoms with Gasteiger partial charge < -0.3 is 4.98 Å². The van der Waals surface area contributed by atoms with Crippen LogP contribution in [0.2, 0.25) is 5.02 Å². The van der Waals surface area contributed by atoms with E-state index in [4.69, 9.17) is 23.2 Å². The third kappa shape index (κ3) is 1.52. The van der Waals surface area contributed by atoms with E-state index in [1.807, 2.05) is 25.1 Å². The van der Waals surface area contributed by atoms with Gasteiger partial charge in [-0.3, -0.25) is 0 Å². The molecule has 2 nitrogen and oxygen atoms in total. The molecule has 1 heterocycles. The fraction of sp³-hybridized carbons (Fsp3) is 0.222. The van der Waals surface area contributed by atoms with Crippen LogP contribution in [0.25, 0.3) is 11.0 Å². The van der Waals surface area contributed by atoms with Gasteiger partial charge in [-0.05, 0) is 19.1 Å². The van der Waals surface area contributed by atoms with Gasteiger partial charge in [0.15, 0.2) is 0 Å². The fourth-order valence-electron chi connectivity index (χ4n) is 1.20. The first-order valence-corrected chi connectivity index (χ1v) is 4.78. The first-order chi connectivity index (χ1) is 6.18. The molecule has 4 heteroatoms. The number of fused-ring (bicyclic) bond motifs is 1. The lowest BCUT2D eigenvalue weighted by Crippen LogP contribution is -1.85. The summed E-state index contributed by atoms with van der Waals surface area (Å²) in [5.41, 5.74) is 1.71. The molecule has 1 atom stereocenters. The lowest BCUT2D eigenvalue weighted by Gasteiger charge is -1.93. The Bertz CT molecular complexity index is 434. The minimum atomic E-state index is -0.122. The van der Waals surface area contributed by atoms with Crippen LogP contribution in [0.4, 0.5) is 0 Å². The number of aromatic nitrogens is 2. The van der Waals surface area contributed by atoms with E-state index in [-0.39, 0.29) is 5.38 Å². The van der Waals surface area contributed by atoms with Crippen LogP contribution < -0.4 is 0 Å². The Morgan fingerprint density at radius 1 is 1.46 bits per heavy atom. The van der Waals surface area contributed by atoms with E-state index < -0.39 is 0 Å². The topological polar surface area (TPSA) is 28.7 Å². The van der Waals surface area contributed by atoms with E-state index in [1.54, 1.807) is 0 Å². The number of alkyl halides is 1. The largest absolute Gasteiger partial charge is 0.341 e. The highest BCUT2D eigenvalue weighted by molar-refractivity contribution is 6.34. The van der Waals surface area contributed by atoms with E-state index in [2.05, 4.69) is 9.97 Å². The average Bonchev–Trinajstić information content (AvgIpc) is 2.49. The molecular formula is C9H8Cl2N2. The Morgan fingerprint density at radius 2 is 2.23 bits per heavy atom. The third-order valence-corrected chi connectivity index (χ3v) is 2.37. The second-order valence-electron chi connectivity index (χ2n) is 2.87. The molecule has 2 rings (SSSR count). The van der Waals surface area contributed by atoms with E-state index >= 15 is 0 Å². The number of halogens is 2. The molecule has 0 spiro atoms. The highest BCUT2D eigenvalue weighted by Crippen LogP contribution is 2.24. The van der Waals surface area contributed by atoms with Crippen LogP contribution in [0.5, 0.6) is 0 Å². The molecule has 0 saturated heterocycles. The monoisotopic (exact) mass is 214 g/mol. The van der Waals surface area contributed by atoms with Gasteiger partial charge in [-0.1, -0.05) is 17.7 Å². The molecule has 2 aromatic rings. The molecule has 0 aliphatic heterocycles. The maximum Gasteiger partial charge on any atom is 0.125 e. The predicted molar refractivity (Wildman–Crippen MR) is 55.4 cm³/mol. The normalized spacial score (nSPS) is 13.5. The molecular weight excluding hydrogens is 207 g/mol. The molecule has 0 bridgehead atoms. The molecule has 1 N–H and O–H groups in total. The van der Waals surface area contributed by atoms with E-state index in [9.17, 15) is 0 Å². The van der Waals surface area contributed by atoms with Crippen LogP contribution in [-0.2, 0) is 0 Å². The van der Waals surface area contributed by atoms with Gasteiger partial charge in [-0.2, -0.15) is 0 Å². The predicted octanol–water partition coefficient (Wildman–Crippen LogP) is 3.52. The summed E-state index contributed by atoms with van der Waals surface area (Å²) in [5.74, 6) is 0.754. The Morgan fingerprint density at radius 3 is 2.85 bits per heavy atom. The summed E-state index contributed by atoms with van der Waals surface area (Å²) < 4.78 is 0. The summed E-state index contributed by atoms with van der Waals surface area (Å²) in [6, 6.07) is 5.62.